The first-order valence-corrected chi connectivity index (χ1v) is 27.7. The second-order valence-electron chi connectivity index (χ2n) is 22.2. The molecule has 0 amide bonds. The molecule has 0 N–H and O–H groups in total. The molecule has 16 rings (SSSR count). The molecule has 2 spiro atoms. The van der Waals surface area contributed by atoms with E-state index < -0.39 is 0 Å². The number of hydrogen-bond donors (Lipinski definition) is 0. The van der Waals surface area contributed by atoms with E-state index in [1.54, 1.807) is 0 Å². The van der Waals surface area contributed by atoms with Crippen molar-refractivity contribution in [1.82, 2.24) is 0 Å². The lowest BCUT2D eigenvalue weighted by molar-refractivity contribution is 0.550. The Bertz CT molecular complexity index is 4020. The molecule has 76 heavy (non-hydrogen) atoms. The molecule has 0 bridgehead atoms. The zero-order valence-corrected chi connectivity index (χ0v) is 42.6. The number of nitrogens with zero attached hydrogens (tertiary/aromatic N) is 2. The van der Waals surface area contributed by atoms with Crippen LogP contribution in [0.25, 0.3) is 76.5 Å². The Morgan fingerprint density at radius 2 is 0.579 bits per heavy atom. The van der Waals surface area contributed by atoms with Crippen molar-refractivity contribution >= 4 is 77.2 Å². The average Bonchev–Trinajstić information content (AvgIpc) is 4.37. The molecular weight excluding hydrogens is 917 g/mol. The van der Waals surface area contributed by atoms with Gasteiger partial charge >= 0.3 is 0 Å². The van der Waals surface area contributed by atoms with E-state index in [2.05, 4.69) is 252 Å². The van der Waals surface area contributed by atoms with E-state index in [4.69, 9.17) is 0 Å². The molecule has 0 aromatic heterocycles. The molecule has 4 aliphatic rings. The van der Waals surface area contributed by atoms with E-state index in [0.717, 1.165) is 11.4 Å². The molecular formula is C74H56N2. The molecule has 362 valence electrons. The Morgan fingerprint density at radius 1 is 0.250 bits per heavy atom. The maximum absolute atomic E-state index is 2.55. The smallest absolute Gasteiger partial charge is 0.0546 e. The zero-order chi connectivity index (χ0) is 50.0. The maximum Gasteiger partial charge on any atom is 0.0546 e. The molecule has 2 heteroatoms. The fourth-order valence-electron chi connectivity index (χ4n) is 15.1. The highest BCUT2D eigenvalue weighted by Crippen LogP contribution is 2.60. The first kappa shape index (κ1) is 43.7. The van der Waals surface area contributed by atoms with Crippen molar-refractivity contribution in [3.63, 3.8) is 0 Å². The van der Waals surface area contributed by atoms with Crippen molar-refractivity contribution in [1.29, 1.82) is 0 Å². The normalized spacial score (nSPS) is 15.4. The molecule has 0 atom stereocenters. The fourth-order valence-corrected chi connectivity index (χ4v) is 15.1. The third-order valence-electron chi connectivity index (χ3n) is 18.5. The minimum Gasteiger partial charge on any atom is -0.310 e. The topological polar surface area (TPSA) is 6.48 Å². The molecule has 4 aliphatic carbocycles. The van der Waals surface area contributed by atoms with Crippen molar-refractivity contribution in [3.05, 3.63) is 265 Å². The summed E-state index contributed by atoms with van der Waals surface area (Å²) in [5.74, 6) is 0. The highest BCUT2D eigenvalue weighted by Gasteiger charge is 2.46. The zero-order valence-electron chi connectivity index (χ0n) is 42.6. The van der Waals surface area contributed by atoms with Crippen LogP contribution in [-0.4, -0.2) is 0 Å². The number of rotatable bonds is 7. The van der Waals surface area contributed by atoms with Gasteiger partial charge in [0.25, 0.3) is 0 Å². The predicted octanol–water partition coefficient (Wildman–Crippen LogP) is 20.6. The van der Waals surface area contributed by atoms with Crippen LogP contribution in [0.5, 0.6) is 0 Å². The van der Waals surface area contributed by atoms with Gasteiger partial charge in [0.1, 0.15) is 0 Å². The van der Waals surface area contributed by atoms with Crippen LogP contribution < -0.4 is 9.80 Å². The monoisotopic (exact) mass is 972 g/mol. The first-order chi connectivity index (χ1) is 37.6. The Hall–Kier alpha value is -8.72. The van der Waals surface area contributed by atoms with Gasteiger partial charge in [-0.25, -0.2) is 0 Å². The maximum atomic E-state index is 2.55. The second kappa shape index (κ2) is 16.9. The third-order valence-corrected chi connectivity index (χ3v) is 18.5. The summed E-state index contributed by atoms with van der Waals surface area (Å²) in [6, 6.07) is 92.3. The average molecular weight is 973 g/mol. The van der Waals surface area contributed by atoms with E-state index in [1.165, 1.54) is 173 Å². The van der Waals surface area contributed by atoms with Gasteiger partial charge < -0.3 is 9.80 Å². The van der Waals surface area contributed by atoms with Crippen LogP contribution in [0.3, 0.4) is 0 Å². The SMILES string of the molecule is c1ccc2c(c1)-c1ccc(N(c3ccc(-c4ccc(N(c5ccc6c(c5)C5(CCCC5)c5ccccc5-6)c5cc6ccccc6c6ccccc56)cc4)cc3)c3cc4ccccc4c4ccccc34)cc1C21CCCC1. The highest BCUT2D eigenvalue weighted by atomic mass is 15.1. The Morgan fingerprint density at radius 3 is 1.00 bits per heavy atom. The molecule has 0 heterocycles. The van der Waals surface area contributed by atoms with Gasteiger partial charge in [-0.15, -0.1) is 0 Å². The van der Waals surface area contributed by atoms with E-state index >= 15 is 0 Å². The minimum atomic E-state index is 0.0660. The number of fused-ring (bicyclic) bond motifs is 16. The van der Waals surface area contributed by atoms with Gasteiger partial charge in [-0.05, 0) is 174 Å². The van der Waals surface area contributed by atoms with Crippen LogP contribution in [-0.2, 0) is 10.8 Å². The molecule has 0 saturated heterocycles. The van der Waals surface area contributed by atoms with Gasteiger partial charge in [0.2, 0.25) is 0 Å². The van der Waals surface area contributed by atoms with Gasteiger partial charge in [0.05, 0.1) is 11.4 Å². The van der Waals surface area contributed by atoms with Crippen molar-refractivity contribution in [2.24, 2.45) is 0 Å². The van der Waals surface area contributed by atoms with Crippen LogP contribution >= 0.6 is 0 Å². The van der Waals surface area contributed by atoms with Crippen LogP contribution in [0, 0.1) is 0 Å². The van der Waals surface area contributed by atoms with Crippen LogP contribution in [0.15, 0.2) is 243 Å². The summed E-state index contributed by atoms with van der Waals surface area (Å²) >= 11 is 0. The summed E-state index contributed by atoms with van der Waals surface area (Å²) < 4.78 is 0. The van der Waals surface area contributed by atoms with Crippen molar-refractivity contribution in [2.45, 2.75) is 62.2 Å². The summed E-state index contributed by atoms with van der Waals surface area (Å²) in [5.41, 5.74) is 21.2. The van der Waals surface area contributed by atoms with Crippen LogP contribution in [0.1, 0.15) is 73.6 Å². The van der Waals surface area contributed by atoms with Gasteiger partial charge in [-0.2, -0.15) is 0 Å². The second-order valence-corrected chi connectivity index (χ2v) is 22.2. The van der Waals surface area contributed by atoms with E-state index in [9.17, 15) is 0 Å². The van der Waals surface area contributed by atoms with E-state index in [1.807, 2.05) is 0 Å². The Labute approximate surface area is 445 Å². The molecule has 2 fully saturated rings. The lowest BCUT2D eigenvalue weighted by Gasteiger charge is -2.31. The summed E-state index contributed by atoms with van der Waals surface area (Å²) in [5, 5.41) is 10.1. The van der Waals surface area contributed by atoms with Gasteiger partial charge in [-0.3, -0.25) is 0 Å². The van der Waals surface area contributed by atoms with Crippen LogP contribution in [0.2, 0.25) is 0 Å². The molecule has 0 aliphatic heterocycles. The van der Waals surface area contributed by atoms with E-state index in [-0.39, 0.29) is 10.8 Å². The molecule has 12 aromatic rings. The summed E-state index contributed by atoms with van der Waals surface area (Å²) in [6.45, 7) is 0. The van der Waals surface area contributed by atoms with Gasteiger partial charge in [0.15, 0.2) is 0 Å². The van der Waals surface area contributed by atoms with E-state index in [0.29, 0.717) is 0 Å². The molecule has 0 radical (unpaired) electrons. The lowest BCUT2D eigenvalue weighted by atomic mass is 9.76. The number of anilines is 6. The molecule has 12 aromatic carbocycles. The lowest BCUT2D eigenvalue weighted by Crippen LogP contribution is -2.21. The largest absolute Gasteiger partial charge is 0.310 e. The Kier molecular flexibility index (Phi) is 9.71. The third kappa shape index (κ3) is 6.40. The minimum absolute atomic E-state index is 0.0660. The van der Waals surface area contributed by atoms with Gasteiger partial charge in [0, 0.05) is 44.4 Å². The number of hydrogen-bond acceptors (Lipinski definition) is 2. The van der Waals surface area contributed by atoms with Crippen LogP contribution in [0.4, 0.5) is 34.1 Å². The number of benzene rings is 12. The molecule has 2 nitrogen and oxygen atoms in total. The predicted molar refractivity (Wildman–Crippen MR) is 321 cm³/mol. The standard InChI is InChI=1S/C74H56N2/c1-3-19-57-51(17-1)45-71(65-25-7-5-21-59(57)65)75(55-37-39-63-61-23-9-11-27-67(61)73(69(63)47-55)41-13-14-42-73)53-33-29-49(30-34-53)50-31-35-54(36-32-50)76(72-46-52-18-2-4-20-58(52)60-22-6-8-26-66(60)72)56-38-40-64-62-24-10-12-28-68(62)74(70(64)48-56)43-15-16-44-74/h1-12,17-40,45-48H,13-16,41-44H2. The Balaban J connectivity index is 0.824. The fraction of sp³-hybridized carbons (Fsp3) is 0.135. The summed E-state index contributed by atoms with van der Waals surface area (Å²) in [7, 11) is 0. The van der Waals surface area contributed by atoms with Crippen molar-refractivity contribution in [3.8, 4) is 33.4 Å². The highest BCUT2D eigenvalue weighted by molar-refractivity contribution is 6.16. The first-order valence-electron chi connectivity index (χ1n) is 27.7. The molecule has 2 saturated carbocycles. The quantitative estimate of drug-likeness (QED) is 0.147. The summed E-state index contributed by atoms with van der Waals surface area (Å²) in [6.07, 6.45) is 9.87. The van der Waals surface area contributed by atoms with Gasteiger partial charge in [-0.1, -0.05) is 208 Å². The van der Waals surface area contributed by atoms with Crippen molar-refractivity contribution < 1.29 is 0 Å². The summed E-state index contributed by atoms with van der Waals surface area (Å²) in [4.78, 5) is 5.06. The van der Waals surface area contributed by atoms with Crippen molar-refractivity contribution in [2.75, 3.05) is 9.80 Å². The molecule has 0 unspecified atom stereocenters.